The fourth-order valence-corrected chi connectivity index (χ4v) is 4.04. The molecule has 4 rings (SSSR count). The molecule has 4 aromatic rings. The quantitative estimate of drug-likeness (QED) is 0.431. The molecule has 1 heterocycles. The van der Waals surface area contributed by atoms with E-state index in [1.807, 2.05) is 19.2 Å². The molecule has 0 atom stereocenters. The van der Waals surface area contributed by atoms with Gasteiger partial charge in [-0.2, -0.15) is 5.26 Å². The van der Waals surface area contributed by atoms with Crippen LogP contribution in [0.25, 0.3) is 27.7 Å². The van der Waals surface area contributed by atoms with Crippen molar-refractivity contribution in [3.8, 4) is 22.9 Å². The molecule has 3 nitrogen and oxygen atoms in total. The summed E-state index contributed by atoms with van der Waals surface area (Å²) >= 11 is 0. The number of anilines is 1. The number of nitrogens with one attached hydrogen (secondary N) is 1. The van der Waals surface area contributed by atoms with Crippen molar-refractivity contribution in [2.24, 2.45) is 0 Å². The number of aryl methyl sites for hydroxylation is 1. The van der Waals surface area contributed by atoms with E-state index in [1.54, 1.807) is 0 Å². The van der Waals surface area contributed by atoms with E-state index < -0.39 is 0 Å². The van der Waals surface area contributed by atoms with E-state index in [1.165, 1.54) is 16.7 Å². The highest BCUT2D eigenvalue weighted by atomic mass is 15.0. The molecule has 1 N–H and O–H groups in total. The normalized spacial score (nSPS) is 10.8. The highest BCUT2D eigenvalue weighted by molar-refractivity contribution is 5.99. The highest BCUT2D eigenvalue weighted by Gasteiger charge is 2.15. The van der Waals surface area contributed by atoms with Crippen molar-refractivity contribution in [1.29, 1.82) is 5.26 Å². The second kappa shape index (κ2) is 7.85. The maximum absolute atomic E-state index is 9.43. The molecule has 1 aromatic heterocycles. The number of aromatic nitrogens is 1. The van der Waals surface area contributed by atoms with Crippen molar-refractivity contribution in [3.05, 3.63) is 83.6 Å². The Morgan fingerprint density at radius 2 is 1.79 bits per heavy atom. The van der Waals surface area contributed by atoms with E-state index in [2.05, 4.69) is 84.5 Å². The second-order valence-electron chi connectivity index (χ2n) is 7.40. The fourth-order valence-electron chi connectivity index (χ4n) is 4.04. The van der Waals surface area contributed by atoms with Crippen LogP contribution in [-0.4, -0.2) is 11.6 Å². The summed E-state index contributed by atoms with van der Waals surface area (Å²) in [5.41, 5.74) is 8.92. The molecule has 3 heteroatoms. The molecule has 0 aliphatic heterocycles. The largest absolute Gasteiger partial charge is 0.388 e. The van der Waals surface area contributed by atoms with Crippen molar-refractivity contribution in [2.75, 3.05) is 12.4 Å². The van der Waals surface area contributed by atoms with Gasteiger partial charge in [0.15, 0.2) is 0 Å². The lowest BCUT2D eigenvalue weighted by atomic mass is 9.98. The van der Waals surface area contributed by atoms with Crippen LogP contribution in [0.3, 0.4) is 0 Å². The number of rotatable bonds is 5. The topological polar surface area (TPSA) is 40.8 Å². The summed E-state index contributed by atoms with van der Waals surface area (Å²) in [4.78, 5) is 0. The third-order valence-corrected chi connectivity index (χ3v) is 5.58. The van der Waals surface area contributed by atoms with Crippen LogP contribution >= 0.6 is 0 Å². The van der Waals surface area contributed by atoms with Gasteiger partial charge in [0, 0.05) is 35.6 Å². The fraction of sp³-hybridized carbons (Fsp3) is 0.192. The van der Waals surface area contributed by atoms with Crippen molar-refractivity contribution in [2.45, 2.75) is 26.7 Å². The second-order valence-corrected chi connectivity index (χ2v) is 7.40. The van der Waals surface area contributed by atoms with Gasteiger partial charge in [-0.1, -0.05) is 37.6 Å². The highest BCUT2D eigenvalue weighted by Crippen LogP contribution is 2.36. The molecule has 0 spiro atoms. The standard InChI is InChI=1S/C26H25N3/c1-4-6-19-9-12-21(13-10-19)29-17-24(22-7-5-8-25(28-3)18(22)2)23-15-20(16-27)11-14-26(23)29/h5,7-15,17,28H,4,6H2,1-3H3. The molecule has 0 saturated heterocycles. The Morgan fingerprint density at radius 1 is 1.00 bits per heavy atom. The average molecular weight is 380 g/mol. The Hall–Kier alpha value is -3.51. The number of nitrogens with zero attached hydrogens (tertiary/aromatic N) is 2. The molecular weight excluding hydrogens is 354 g/mol. The smallest absolute Gasteiger partial charge is 0.0991 e. The predicted molar refractivity (Wildman–Crippen MR) is 122 cm³/mol. The average Bonchev–Trinajstić information content (AvgIpc) is 3.13. The van der Waals surface area contributed by atoms with E-state index in [0.29, 0.717) is 5.56 Å². The van der Waals surface area contributed by atoms with Crippen molar-refractivity contribution < 1.29 is 0 Å². The number of hydrogen-bond donors (Lipinski definition) is 1. The van der Waals surface area contributed by atoms with Gasteiger partial charge in [0.1, 0.15) is 0 Å². The van der Waals surface area contributed by atoms with Gasteiger partial charge in [-0.25, -0.2) is 0 Å². The minimum Gasteiger partial charge on any atom is -0.388 e. The zero-order chi connectivity index (χ0) is 20.4. The predicted octanol–water partition coefficient (Wildman–Crippen LogP) is 6.47. The SMILES string of the molecule is CCCc1ccc(-n2cc(-c3cccc(NC)c3C)c3cc(C#N)ccc32)cc1. The van der Waals surface area contributed by atoms with E-state index in [-0.39, 0.29) is 0 Å². The lowest BCUT2D eigenvalue weighted by Gasteiger charge is -2.10. The maximum Gasteiger partial charge on any atom is 0.0991 e. The van der Waals surface area contributed by atoms with Crippen LogP contribution in [0.4, 0.5) is 5.69 Å². The Balaban J connectivity index is 1.95. The number of fused-ring (bicyclic) bond motifs is 1. The summed E-state index contributed by atoms with van der Waals surface area (Å²) in [6.07, 6.45) is 4.44. The van der Waals surface area contributed by atoms with Crippen molar-refractivity contribution in [1.82, 2.24) is 4.57 Å². The molecule has 144 valence electrons. The van der Waals surface area contributed by atoms with Gasteiger partial charge in [-0.3, -0.25) is 0 Å². The molecular formula is C26H25N3. The lowest BCUT2D eigenvalue weighted by Crippen LogP contribution is -1.94. The van der Waals surface area contributed by atoms with Crippen molar-refractivity contribution in [3.63, 3.8) is 0 Å². The Morgan fingerprint density at radius 3 is 2.48 bits per heavy atom. The Kier molecular flexibility index (Phi) is 5.10. The van der Waals surface area contributed by atoms with Crippen LogP contribution in [0.2, 0.25) is 0 Å². The zero-order valence-electron chi connectivity index (χ0n) is 17.2. The van der Waals surface area contributed by atoms with Crippen LogP contribution < -0.4 is 5.32 Å². The summed E-state index contributed by atoms with van der Waals surface area (Å²) in [5, 5.41) is 13.8. The minimum atomic E-state index is 0.678. The minimum absolute atomic E-state index is 0.678. The first kappa shape index (κ1) is 18.8. The number of hydrogen-bond acceptors (Lipinski definition) is 2. The first-order valence-electron chi connectivity index (χ1n) is 10.1. The summed E-state index contributed by atoms with van der Waals surface area (Å²) < 4.78 is 2.23. The van der Waals surface area contributed by atoms with Gasteiger partial charge in [0.05, 0.1) is 17.1 Å². The van der Waals surface area contributed by atoms with E-state index in [9.17, 15) is 5.26 Å². The van der Waals surface area contributed by atoms with Gasteiger partial charge >= 0.3 is 0 Å². The molecule has 0 saturated carbocycles. The van der Waals surface area contributed by atoms with Gasteiger partial charge in [-0.15, -0.1) is 0 Å². The van der Waals surface area contributed by atoms with Crippen LogP contribution in [0.1, 0.15) is 30.0 Å². The summed E-state index contributed by atoms with van der Waals surface area (Å²) in [5.74, 6) is 0. The van der Waals surface area contributed by atoms with Crippen LogP contribution in [-0.2, 0) is 6.42 Å². The van der Waals surface area contributed by atoms with Crippen LogP contribution in [0.5, 0.6) is 0 Å². The van der Waals surface area contributed by atoms with Gasteiger partial charge < -0.3 is 9.88 Å². The molecule has 0 aliphatic rings. The number of nitriles is 1. The lowest BCUT2D eigenvalue weighted by molar-refractivity contribution is 0.920. The summed E-state index contributed by atoms with van der Waals surface area (Å²) in [6, 6.07) is 23.3. The molecule has 0 bridgehead atoms. The van der Waals surface area contributed by atoms with Gasteiger partial charge in [0.2, 0.25) is 0 Å². The third kappa shape index (κ3) is 3.39. The summed E-state index contributed by atoms with van der Waals surface area (Å²) in [6.45, 7) is 4.34. The van der Waals surface area contributed by atoms with E-state index in [0.717, 1.165) is 40.7 Å². The Labute approximate surface area is 172 Å². The maximum atomic E-state index is 9.43. The first-order chi connectivity index (χ1) is 14.2. The molecule has 0 amide bonds. The molecule has 0 fully saturated rings. The van der Waals surface area contributed by atoms with Crippen LogP contribution in [0, 0.1) is 18.3 Å². The molecule has 0 radical (unpaired) electrons. The van der Waals surface area contributed by atoms with Crippen LogP contribution in [0.15, 0.2) is 66.9 Å². The van der Waals surface area contributed by atoms with Gasteiger partial charge in [0.25, 0.3) is 0 Å². The molecule has 0 aliphatic carbocycles. The Bertz CT molecular complexity index is 1210. The molecule has 3 aromatic carbocycles. The van der Waals surface area contributed by atoms with Gasteiger partial charge in [-0.05, 0) is 66.4 Å². The molecule has 29 heavy (non-hydrogen) atoms. The monoisotopic (exact) mass is 379 g/mol. The molecule has 0 unspecified atom stereocenters. The first-order valence-corrected chi connectivity index (χ1v) is 10.1. The third-order valence-electron chi connectivity index (χ3n) is 5.58. The zero-order valence-corrected chi connectivity index (χ0v) is 17.2. The van der Waals surface area contributed by atoms with Crippen molar-refractivity contribution >= 4 is 16.6 Å². The number of benzene rings is 3. The van der Waals surface area contributed by atoms with E-state index in [4.69, 9.17) is 0 Å². The summed E-state index contributed by atoms with van der Waals surface area (Å²) in [7, 11) is 1.95. The van der Waals surface area contributed by atoms with E-state index >= 15 is 0 Å².